The average molecular weight is 510 g/mol. The lowest BCUT2D eigenvalue weighted by Gasteiger charge is -2.38. The lowest BCUT2D eigenvalue weighted by molar-refractivity contribution is -0.118. The van der Waals surface area contributed by atoms with Gasteiger partial charge in [0.1, 0.15) is 0 Å². The van der Waals surface area contributed by atoms with Crippen LogP contribution in [-0.4, -0.2) is 30.2 Å². The van der Waals surface area contributed by atoms with Crippen LogP contribution < -0.4 is 14.4 Å². The minimum atomic E-state index is -1.01. The fraction of sp³-hybridized carbons (Fsp3) is 0.231. The van der Waals surface area contributed by atoms with Gasteiger partial charge in [-0.1, -0.05) is 28.1 Å². The zero-order valence-electron chi connectivity index (χ0n) is 18.4. The quantitative estimate of drug-likeness (QED) is 0.447. The molecule has 3 aromatic rings. The second-order valence-electron chi connectivity index (χ2n) is 7.61. The first-order valence-electron chi connectivity index (χ1n) is 10.8. The molecule has 1 amide bonds. The SMILES string of the molecule is CCOc1cc2c(cc1OCC)[C@@H](c1ccc(Br)cc1)N(c1ccc(C(=O)O)cc1)C(=O)C2. The molecule has 4 rings (SSSR count). The number of hydrogen-bond acceptors (Lipinski definition) is 4. The molecule has 6 nitrogen and oxygen atoms in total. The van der Waals surface area contributed by atoms with Crippen LogP contribution in [0.25, 0.3) is 0 Å². The molecule has 1 atom stereocenters. The van der Waals surface area contributed by atoms with Crippen LogP contribution >= 0.6 is 15.9 Å². The van der Waals surface area contributed by atoms with Crippen LogP contribution in [0.5, 0.6) is 11.5 Å². The molecule has 1 aliphatic rings. The fourth-order valence-corrected chi connectivity index (χ4v) is 4.39. The molecule has 0 fully saturated rings. The lowest BCUT2D eigenvalue weighted by Crippen LogP contribution is -2.41. The van der Waals surface area contributed by atoms with Crippen LogP contribution in [0, 0.1) is 0 Å². The van der Waals surface area contributed by atoms with Crippen LogP contribution in [0.3, 0.4) is 0 Å². The number of carbonyl (C=O) groups excluding carboxylic acids is 1. The highest BCUT2D eigenvalue weighted by Gasteiger charge is 2.36. The van der Waals surface area contributed by atoms with Gasteiger partial charge in [-0.05, 0) is 79.1 Å². The largest absolute Gasteiger partial charge is 0.490 e. The minimum Gasteiger partial charge on any atom is -0.490 e. The van der Waals surface area contributed by atoms with E-state index in [0.29, 0.717) is 30.4 Å². The van der Waals surface area contributed by atoms with Gasteiger partial charge in [0.25, 0.3) is 0 Å². The molecule has 0 spiro atoms. The predicted molar refractivity (Wildman–Crippen MR) is 129 cm³/mol. The van der Waals surface area contributed by atoms with Crippen LogP contribution in [0.1, 0.15) is 46.9 Å². The Hall–Kier alpha value is -3.32. The molecule has 170 valence electrons. The number of aromatic carboxylic acids is 1. The number of carboxylic acids is 1. The van der Waals surface area contributed by atoms with Gasteiger partial charge in [0.05, 0.1) is 31.2 Å². The van der Waals surface area contributed by atoms with Crippen molar-refractivity contribution >= 4 is 33.5 Å². The highest BCUT2D eigenvalue weighted by atomic mass is 79.9. The van der Waals surface area contributed by atoms with E-state index in [2.05, 4.69) is 15.9 Å². The van der Waals surface area contributed by atoms with Gasteiger partial charge in [-0.2, -0.15) is 0 Å². The van der Waals surface area contributed by atoms with Crippen molar-refractivity contribution in [1.29, 1.82) is 0 Å². The van der Waals surface area contributed by atoms with E-state index in [4.69, 9.17) is 9.47 Å². The molecule has 0 unspecified atom stereocenters. The Morgan fingerprint density at radius 1 is 1.00 bits per heavy atom. The van der Waals surface area contributed by atoms with Crippen LogP contribution in [0.4, 0.5) is 5.69 Å². The lowest BCUT2D eigenvalue weighted by atomic mass is 9.86. The second kappa shape index (κ2) is 9.67. The van der Waals surface area contributed by atoms with E-state index in [0.717, 1.165) is 21.2 Å². The molecule has 7 heteroatoms. The summed E-state index contributed by atoms with van der Waals surface area (Å²) in [6, 6.07) is 17.7. The Morgan fingerprint density at radius 2 is 1.61 bits per heavy atom. The van der Waals surface area contributed by atoms with E-state index in [1.807, 2.05) is 50.2 Å². The van der Waals surface area contributed by atoms with Gasteiger partial charge >= 0.3 is 5.97 Å². The van der Waals surface area contributed by atoms with Gasteiger partial charge in [0, 0.05) is 10.2 Å². The Labute approximate surface area is 200 Å². The Kier molecular flexibility index (Phi) is 6.70. The van der Waals surface area contributed by atoms with Crippen LogP contribution in [0.2, 0.25) is 0 Å². The first-order chi connectivity index (χ1) is 15.9. The molecule has 0 aromatic heterocycles. The monoisotopic (exact) mass is 509 g/mol. The third-order valence-corrected chi connectivity index (χ3v) is 6.08. The van der Waals surface area contributed by atoms with Crippen LogP contribution in [0.15, 0.2) is 65.1 Å². The molecular formula is C26H24BrNO5. The predicted octanol–water partition coefficient (Wildman–Crippen LogP) is 5.62. The molecule has 0 aliphatic carbocycles. The first kappa shape index (κ1) is 22.9. The van der Waals surface area contributed by atoms with E-state index >= 15 is 0 Å². The summed E-state index contributed by atoms with van der Waals surface area (Å²) in [4.78, 5) is 26.5. The number of rotatable bonds is 7. The van der Waals surface area contributed by atoms with Gasteiger partial charge in [-0.15, -0.1) is 0 Å². The van der Waals surface area contributed by atoms with Crippen molar-refractivity contribution in [3.8, 4) is 11.5 Å². The third kappa shape index (κ3) is 4.59. The third-order valence-electron chi connectivity index (χ3n) is 5.55. The summed E-state index contributed by atoms with van der Waals surface area (Å²) in [5, 5.41) is 9.26. The molecule has 0 saturated heterocycles. The summed E-state index contributed by atoms with van der Waals surface area (Å²) in [7, 11) is 0. The number of halogens is 1. The normalized spacial score (nSPS) is 15.2. The molecule has 0 bridgehead atoms. The number of fused-ring (bicyclic) bond motifs is 1. The number of carbonyl (C=O) groups is 2. The van der Waals surface area contributed by atoms with Gasteiger partial charge < -0.3 is 19.5 Å². The second-order valence-corrected chi connectivity index (χ2v) is 8.53. The summed E-state index contributed by atoms with van der Waals surface area (Å²) in [6.07, 6.45) is 0.204. The van der Waals surface area contributed by atoms with E-state index in [9.17, 15) is 14.7 Å². The minimum absolute atomic E-state index is 0.0786. The standard InChI is InChI=1S/C26H24BrNO5/c1-3-32-22-13-18-14-24(29)28(20-11-7-17(8-12-20)26(30)31)25(16-5-9-19(27)10-6-16)21(18)15-23(22)33-4-2/h5-13,15,25H,3-4,14H2,1-2H3,(H,30,31)/t25-/m1/s1. The van der Waals surface area contributed by atoms with Crippen molar-refractivity contribution in [2.24, 2.45) is 0 Å². The van der Waals surface area contributed by atoms with Crippen LogP contribution in [-0.2, 0) is 11.2 Å². The molecular weight excluding hydrogens is 486 g/mol. The van der Waals surface area contributed by atoms with E-state index in [-0.39, 0.29) is 17.9 Å². The van der Waals surface area contributed by atoms with E-state index in [1.165, 1.54) is 12.1 Å². The number of nitrogens with zero attached hydrogens (tertiary/aromatic N) is 1. The molecule has 33 heavy (non-hydrogen) atoms. The molecule has 0 saturated carbocycles. The average Bonchev–Trinajstić information content (AvgIpc) is 2.80. The number of amides is 1. The number of ether oxygens (including phenoxy) is 2. The Bertz CT molecular complexity index is 1170. The van der Waals surface area contributed by atoms with Crippen molar-refractivity contribution < 1.29 is 24.2 Å². The van der Waals surface area contributed by atoms with Gasteiger partial charge in [-0.25, -0.2) is 4.79 Å². The highest BCUT2D eigenvalue weighted by Crippen LogP contribution is 2.43. The maximum absolute atomic E-state index is 13.4. The molecule has 3 aromatic carbocycles. The molecule has 1 heterocycles. The van der Waals surface area contributed by atoms with Gasteiger partial charge in [0.2, 0.25) is 5.91 Å². The zero-order valence-corrected chi connectivity index (χ0v) is 20.0. The van der Waals surface area contributed by atoms with Crippen molar-refractivity contribution in [2.75, 3.05) is 18.1 Å². The smallest absolute Gasteiger partial charge is 0.335 e. The first-order valence-corrected chi connectivity index (χ1v) is 11.6. The highest BCUT2D eigenvalue weighted by molar-refractivity contribution is 9.10. The number of benzene rings is 3. The van der Waals surface area contributed by atoms with Crippen molar-refractivity contribution in [3.05, 3.63) is 87.4 Å². The summed E-state index contributed by atoms with van der Waals surface area (Å²) in [5.74, 6) is 0.173. The van der Waals surface area contributed by atoms with E-state index < -0.39 is 12.0 Å². The molecule has 1 aliphatic heterocycles. The van der Waals surface area contributed by atoms with Crippen molar-refractivity contribution in [2.45, 2.75) is 26.3 Å². The van der Waals surface area contributed by atoms with Crippen molar-refractivity contribution in [3.63, 3.8) is 0 Å². The van der Waals surface area contributed by atoms with Gasteiger partial charge in [0.15, 0.2) is 11.5 Å². The topological polar surface area (TPSA) is 76.1 Å². The summed E-state index contributed by atoms with van der Waals surface area (Å²) >= 11 is 3.48. The van der Waals surface area contributed by atoms with Crippen molar-refractivity contribution in [1.82, 2.24) is 0 Å². The summed E-state index contributed by atoms with van der Waals surface area (Å²) in [5.41, 5.74) is 3.57. The molecule has 1 N–H and O–H groups in total. The van der Waals surface area contributed by atoms with E-state index in [1.54, 1.807) is 17.0 Å². The fourth-order valence-electron chi connectivity index (χ4n) is 4.12. The maximum Gasteiger partial charge on any atom is 0.335 e. The van der Waals surface area contributed by atoms with Gasteiger partial charge in [-0.3, -0.25) is 4.79 Å². The molecule has 0 radical (unpaired) electrons. The Balaban J connectivity index is 1.89. The summed E-state index contributed by atoms with van der Waals surface area (Å²) < 4.78 is 12.6. The number of carboxylic acid groups (broad SMARTS) is 1. The Morgan fingerprint density at radius 3 is 2.18 bits per heavy atom. The number of hydrogen-bond donors (Lipinski definition) is 1. The maximum atomic E-state index is 13.4. The number of anilines is 1. The summed E-state index contributed by atoms with van der Waals surface area (Å²) in [6.45, 7) is 4.81. The zero-order chi connectivity index (χ0) is 23.5.